The molecule has 0 saturated carbocycles. The highest BCUT2D eigenvalue weighted by Crippen LogP contribution is 2.27. The Labute approximate surface area is 113 Å². The summed E-state index contributed by atoms with van der Waals surface area (Å²) in [6.45, 7) is 0.975. The normalized spacial score (nSPS) is 13.8. The summed E-state index contributed by atoms with van der Waals surface area (Å²) >= 11 is 0. The zero-order valence-electron chi connectivity index (χ0n) is 11.3. The van der Waals surface area contributed by atoms with Crippen molar-refractivity contribution in [3.8, 4) is 11.4 Å². The van der Waals surface area contributed by atoms with Gasteiger partial charge in [-0.1, -0.05) is 0 Å². The highest BCUT2D eigenvalue weighted by molar-refractivity contribution is 5.64. The minimum atomic E-state index is 0.824. The molecule has 2 aromatic rings. The third-order valence-corrected chi connectivity index (χ3v) is 3.53. The number of rotatable bonds is 2. The van der Waals surface area contributed by atoms with E-state index in [0.29, 0.717) is 0 Å². The molecule has 1 aromatic heterocycles. The molecule has 19 heavy (non-hydrogen) atoms. The number of fused-ring (bicyclic) bond motifs is 1. The van der Waals surface area contributed by atoms with Crippen molar-refractivity contribution in [3.05, 3.63) is 30.0 Å². The number of anilines is 2. The van der Waals surface area contributed by atoms with Gasteiger partial charge in [0, 0.05) is 31.9 Å². The van der Waals surface area contributed by atoms with Crippen molar-refractivity contribution in [1.29, 1.82) is 0 Å². The number of aromatic nitrogens is 2. The molecule has 0 unspecified atom stereocenters. The lowest BCUT2D eigenvalue weighted by atomic mass is 10.2. The molecular formula is C14H19N5. The van der Waals surface area contributed by atoms with Crippen LogP contribution in [0.1, 0.15) is 12.1 Å². The Balaban J connectivity index is 2.00. The van der Waals surface area contributed by atoms with E-state index < -0.39 is 0 Å². The van der Waals surface area contributed by atoms with Crippen molar-refractivity contribution in [2.45, 2.75) is 12.8 Å². The van der Waals surface area contributed by atoms with Crippen LogP contribution in [0.25, 0.3) is 11.4 Å². The third-order valence-electron chi connectivity index (χ3n) is 3.53. The molecule has 0 radical (unpaired) electrons. The molecule has 3 N–H and O–H groups in total. The Morgan fingerprint density at radius 2 is 2.00 bits per heavy atom. The highest BCUT2D eigenvalue weighted by atomic mass is 15.4. The first kappa shape index (κ1) is 11.9. The van der Waals surface area contributed by atoms with Crippen LogP contribution in [0.5, 0.6) is 0 Å². The molecule has 5 nitrogen and oxygen atoms in total. The van der Waals surface area contributed by atoms with Gasteiger partial charge in [0.25, 0.3) is 0 Å². The molecule has 0 spiro atoms. The molecule has 100 valence electrons. The SMILES string of the molecule is CN(C)c1ccc(-c2nc3c(n2N)CCCN3)cc1. The van der Waals surface area contributed by atoms with E-state index in [0.717, 1.165) is 42.3 Å². The summed E-state index contributed by atoms with van der Waals surface area (Å²) in [5.74, 6) is 7.91. The van der Waals surface area contributed by atoms with E-state index in [4.69, 9.17) is 5.84 Å². The first-order valence-electron chi connectivity index (χ1n) is 6.55. The van der Waals surface area contributed by atoms with E-state index in [1.807, 2.05) is 14.1 Å². The van der Waals surface area contributed by atoms with Crippen LogP contribution in [0, 0.1) is 0 Å². The van der Waals surface area contributed by atoms with Crippen molar-refractivity contribution >= 4 is 11.5 Å². The topological polar surface area (TPSA) is 59.1 Å². The van der Waals surface area contributed by atoms with Gasteiger partial charge in [-0.2, -0.15) is 0 Å². The Morgan fingerprint density at radius 1 is 1.26 bits per heavy atom. The lowest BCUT2D eigenvalue weighted by molar-refractivity contribution is 0.770. The molecule has 0 aliphatic carbocycles. The molecule has 2 heterocycles. The lowest BCUT2D eigenvalue weighted by Crippen LogP contribution is -2.18. The Kier molecular flexibility index (Phi) is 2.81. The smallest absolute Gasteiger partial charge is 0.160 e. The van der Waals surface area contributed by atoms with Gasteiger partial charge in [0.2, 0.25) is 0 Å². The summed E-state index contributed by atoms with van der Waals surface area (Å²) in [7, 11) is 4.06. The third kappa shape index (κ3) is 2.01. The second kappa shape index (κ2) is 4.50. The highest BCUT2D eigenvalue weighted by Gasteiger charge is 2.19. The van der Waals surface area contributed by atoms with E-state index in [1.54, 1.807) is 4.68 Å². The van der Waals surface area contributed by atoms with Gasteiger partial charge in [-0.25, -0.2) is 9.66 Å². The first-order chi connectivity index (χ1) is 9.16. The molecule has 0 saturated heterocycles. The minimum absolute atomic E-state index is 0.824. The van der Waals surface area contributed by atoms with Gasteiger partial charge in [-0.05, 0) is 37.1 Å². The monoisotopic (exact) mass is 257 g/mol. The summed E-state index contributed by atoms with van der Waals surface area (Å²) < 4.78 is 1.71. The maximum absolute atomic E-state index is 6.16. The Bertz CT molecular complexity index is 583. The molecule has 1 aliphatic heterocycles. The standard InChI is InChI=1S/C14H19N5/c1-18(2)11-7-5-10(6-8-11)14-17-13-12(19(14)15)4-3-9-16-13/h5-8,16H,3-4,9,15H2,1-2H3. The molecule has 3 rings (SSSR count). The predicted octanol–water partition coefficient (Wildman–Crippen LogP) is 1.69. The maximum atomic E-state index is 6.16. The second-order valence-electron chi connectivity index (χ2n) is 5.07. The van der Waals surface area contributed by atoms with E-state index in [1.165, 1.54) is 5.69 Å². The van der Waals surface area contributed by atoms with Gasteiger partial charge in [-0.15, -0.1) is 0 Å². The summed E-state index contributed by atoms with van der Waals surface area (Å²) in [6, 6.07) is 8.28. The number of nitrogen functional groups attached to an aromatic ring is 1. The second-order valence-corrected chi connectivity index (χ2v) is 5.07. The number of imidazole rings is 1. The van der Waals surface area contributed by atoms with Crippen molar-refractivity contribution in [3.63, 3.8) is 0 Å². The van der Waals surface area contributed by atoms with Crippen LogP contribution in [-0.2, 0) is 6.42 Å². The van der Waals surface area contributed by atoms with Gasteiger partial charge >= 0.3 is 0 Å². The fourth-order valence-corrected chi connectivity index (χ4v) is 2.42. The number of nitrogens with two attached hydrogens (primary N) is 1. The van der Waals surface area contributed by atoms with E-state index in [9.17, 15) is 0 Å². The predicted molar refractivity (Wildman–Crippen MR) is 79.0 cm³/mol. The molecule has 0 atom stereocenters. The number of hydrogen-bond acceptors (Lipinski definition) is 4. The molecule has 1 aliphatic rings. The van der Waals surface area contributed by atoms with Crippen molar-refractivity contribution in [2.24, 2.45) is 0 Å². The summed E-state index contributed by atoms with van der Waals surface area (Å²) in [6.07, 6.45) is 2.09. The first-order valence-corrected chi connectivity index (χ1v) is 6.55. The lowest BCUT2D eigenvalue weighted by Gasteiger charge is -2.13. The molecule has 0 amide bonds. The number of hydrogen-bond donors (Lipinski definition) is 2. The van der Waals surface area contributed by atoms with Crippen molar-refractivity contribution in [2.75, 3.05) is 36.7 Å². The van der Waals surface area contributed by atoms with E-state index in [-0.39, 0.29) is 0 Å². The molecule has 1 aromatic carbocycles. The Morgan fingerprint density at radius 3 is 2.63 bits per heavy atom. The van der Waals surface area contributed by atoms with Crippen molar-refractivity contribution < 1.29 is 0 Å². The zero-order chi connectivity index (χ0) is 13.4. The van der Waals surface area contributed by atoms with Gasteiger partial charge in [0.1, 0.15) is 5.82 Å². The Hall–Kier alpha value is -2.17. The maximum Gasteiger partial charge on any atom is 0.160 e. The summed E-state index contributed by atoms with van der Waals surface area (Å²) in [5.41, 5.74) is 3.31. The summed E-state index contributed by atoms with van der Waals surface area (Å²) in [5, 5.41) is 3.30. The average molecular weight is 257 g/mol. The number of benzene rings is 1. The van der Waals surface area contributed by atoms with Gasteiger partial charge < -0.3 is 16.1 Å². The number of nitrogens with zero attached hydrogens (tertiary/aromatic N) is 3. The van der Waals surface area contributed by atoms with Gasteiger partial charge in [-0.3, -0.25) is 0 Å². The van der Waals surface area contributed by atoms with Crippen LogP contribution in [0.15, 0.2) is 24.3 Å². The van der Waals surface area contributed by atoms with E-state index >= 15 is 0 Å². The van der Waals surface area contributed by atoms with Crippen LogP contribution >= 0.6 is 0 Å². The van der Waals surface area contributed by atoms with Crippen LogP contribution in [0.4, 0.5) is 11.5 Å². The van der Waals surface area contributed by atoms with Crippen LogP contribution in [0.3, 0.4) is 0 Å². The zero-order valence-corrected chi connectivity index (χ0v) is 11.3. The van der Waals surface area contributed by atoms with Crippen LogP contribution in [0.2, 0.25) is 0 Å². The molecule has 5 heteroatoms. The number of nitrogens with one attached hydrogen (secondary N) is 1. The van der Waals surface area contributed by atoms with Gasteiger partial charge in [0.05, 0.1) is 5.69 Å². The fourth-order valence-electron chi connectivity index (χ4n) is 2.42. The fraction of sp³-hybridized carbons (Fsp3) is 0.357. The quantitative estimate of drug-likeness (QED) is 0.804. The average Bonchev–Trinajstić information content (AvgIpc) is 2.77. The molecule has 0 bridgehead atoms. The van der Waals surface area contributed by atoms with Crippen molar-refractivity contribution in [1.82, 2.24) is 9.66 Å². The van der Waals surface area contributed by atoms with Crippen LogP contribution < -0.4 is 16.1 Å². The molecule has 0 fully saturated rings. The minimum Gasteiger partial charge on any atom is -0.378 e. The summed E-state index contributed by atoms with van der Waals surface area (Å²) in [4.78, 5) is 6.68. The largest absolute Gasteiger partial charge is 0.378 e. The molecular weight excluding hydrogens is 238 g/mol. The van der Waals surface area contributed by atoms with E-state index in [2.05, 4.69) is 39.5 Å². The van der Waals surface area contributed by atoms with Crippen LogP contribution in [-0.4, -0.2) is 30.3 Å². The van der Waals surface area contributed by atoms with Gasteiger partial charge in [0.15, 0.2) is 5.82 Å².